The summed E-state index contributed by atoms with van der Waals surface area (Å²) in [6.07, 6.45) is 0. The smallest absolute Gasteiger partial charge is 0.345 e. The minimum atomic E-state index is -3.85. The van der Waals surface area contributed by atoms with Gasteiger partial charge in [-0.15, -0.1) is 11.3 Å². The van der Waals surface area contributed by atoms with Crippen LogP contribution >= 0.6 is 34.5 Å². The number of nitrogens with one attached hydrogen (secondary N) is 1. The number of anilines is 1. The molecule has 1 aromatic heterocycles. The Morgan fingerprint density at radius 2 is 1.85 bits per heavy atom. The molecule has 9 heteroatoms. The lowest BCUT2D eigenvalue weighted by Crippen LogP contribution is -2.11. The first kappa shape index (κ1) is 15.1. The zero-order valence-corrected chi connectivity index (χ0v) is 12.8. The summed E-state index contributed by atoms with van der Waals surface area (Å²) in [6, 6.07) is 6.74. The summed E-state index contributed by atoms with van der Waals surface area (Å²) in [4.78, 5) is 10.7. The Morgan fingerprint density at radius 1 is 1.15 bits per heavy atom. The van der Waals surface area contributed by atoms with Crippen LogP contribution in [-0.4, -0.2) is 19.5 Å². The molecular formula is C11H7Cl2NO4S2. The molecule has 0 saturated heterocycles. The highest BCUT2D eigenvalue weighted by atomic mass is 35.5. The summed E-state index contributed by atoms with van der Waals surface area (Å²) < 4.78 is 26.3. The molecule has 2 aromatic rings. The van der Waals surface area contributed by atoms with Crippen LogP contribution in [0, 0.1) is 0 Å². The fourth-order valence-electron chi connectivity index (χ4n) is 1.34. The minimum Gasteiger partial charge on any atom is -0.477 e. The van der Waals surface area contributed by atoms with E-state index in [9.17, 15) is 13.2 Å². The van der Waals surface area contributed by atoms with Gasteiger partial charge in [0.1, 0.15) is 9.09 Å². The third-order valence-corrected chi connectivity index (χ3v) is 5.91. The van der Waals surface area contributed by atoms with Gasteiger partial charge in [0.2, 0.25) is 0 Å². The molecule has 0 bridgehead atoms. The van der Waals surface area contributed by atoms with Gasteiger partial charge in [-0.05, 0) is 30.3 Å². The van der Waals surface area contributed by atoms with E-state index >= 15 is 0 Å². The molecule has 0 aliphatic heterocycles. The molecule has 0 saturated carbocycles. The molecule has 0 atom stereocenters. The van der Waals surface area contributed by atoms with E-state index in [-0.39, 0.29) is 19.8 Å². The van der Waals surface area contributed by atoms with Crippen LogP contribution in [0.4, 0.5) is 5.69 Å². The molecule has 20 heavy (non-hydrogen) atoms. The molecule has 2 N–H and O–H groups in total. The Kier molecular flexibility index (Phi) is 4.24. The Balaban J connectivity index is 2.30. The van der Waals surface area contributed by atoms with Crippen molar-refractivity contribution >= 4 is 56.2 Å². The van der Waals surface area contributed by atoms with Crippen LogP contribution in [0.25, 0.3) is 0 Å². The number of benzene rings is 1. The Morgan fingerprint density at radius 3 is 2.40 bits per heavy atom. The van der Waals surface area contributed by atoms with Crippen LogP contribution in [0.3, 0.4) is 0 Å². The number of sulfonamides is 1. The first-order chi connectivity index (χ1) is 9.29. The highest BCUT2D eigenvalue weighted by Crippen LogP contribution is 2.28. The molecule has 0 fully saturated rings. The lowest BCUT2D eigenvalue weighted by atomic mass is 10.3. The third kappa shape index (κ3) is 3.24. The van der Waals surface area contributed by atoms with Crippen molar-refractivity contribution < 1.29 is 18.3 Å². The van der Waals surface area contributed by atoms with Gasteiger partial charge in [0.15, 0.2) is 0 Å². The molecule has 0 aliphatic rings. The summed E-state index contributed by atoms with van der Waals surface area (Å²) >= 11 is 12.2. The zero-order chi connectivity index (χ0) is 14.9. The van der Waals surface area contributed by atoms with Crippen molar-refractivity contribution in [1.82, 2.24) is 0 Å². The van der Waals surface area contributed by atoms with E-state index in [2.05, 4.69) is 4.72 Å². The number of halogens is 2. The highest BCUT2D eigenvalue weighted by Gasteiger charge is 2.19. The van der Waals surface area contributed by atoms with Gasteiger partial charge in [-0.25, -0.2) is 13.2 Å². The van der Waals surface area contributed by atoms with Crippen molar-refractivity contribution in [3.63, 3.8) is 0 Å². The second-order valence-electron chi connectivity index (χ2n) is 3.66. The van der Waals surface area contributed by atoms with Gasteiger partial charge in [0, 0.05) is 0 Å². The number of carboxylic acid groups (broad SMARTS) is 1. The first-order valence-electron chi connectivity index (χ1n) is 5.10. The lowest BCUT2D eigenvalue weighted by Gasteiger charge is -2.07. The lowest BCUT2D eigenvalue weighted by molar-refractivity contribution is 0.0702. The van der Waals surface area contributed by atoms with Gasteiger partial charge in [-0.1, -0.05) is 23.2 Å². The Bertz CT molecular complexity index is 770. The summed E-state index contributed by atoms with van der Waals surface area (Å²) in [6.45, 7) is 0. The molecule has 2 rings (SSSR count). The molecule has 1 aromatic carbocycles. The van der Waals surface area contributed by atoms with Crippen LogP contribution in [-0.2, 0) is 10.0 Å². The van der Waals surface area contributed by atoms with Gasteiger partial charge in [0.05, 0.1) is 15.7 Å². The monoisotopic (exact) mass is 351 g/mol. The molecule has 1 heterocycles. The Hall–Kier alpha value is -1.28. The van der Waals surface area contributed by atoms with Crippen LogP contribution in [0.5, 0.6) is 0 Å². The fraction of sp³-hybridized carbons (Fsp3) is 0. The summed E-state index contributed by atoms with van der Waals surface area (Å²) in [5.41, 5.74) is 0.240. The molecular weight excluding hydrogens is 345 g/mol. The van der Waals surface area contributed by atoms with E-state index in [0.29, 0.717) is 16.4 Å². The normalized spacial score (nSPS) is 11.3. The molecule has 106 valence electrons. The number of carboxylic acids is 1. The maximum absolute atomic E-state index is 12.1. The first-order valence-corrected chi connectivity index (χ1v) is 8.16. The van der Waals surface area contributed by atoms with Crippen molar-refractivity contribution in [2.24, 2.45) is 0 Å². The number of thiophene rings is 1. The van der Waals surface area contributed by atoms with Crippen LogP contribution in [0.15, 0.2) is 34.5 Å². The quantitative estimate of drug-likeness (QED) is 0.881. The standard InChI is InChI=1S/C11H7Cl2NO4S2/c12-7-2-1-6(5-8(7)13)14-20(17,18)10-4-3-9(19-10)11(15)16/h1-5,14H,(H,15,16). The van der Waals surface area contributed by atoms with Crippen LogP contribution in [0.2, 0.25) is 10.0 Å². The average Bonchev–Trinajstić information content (AvgIpc) is 2.84. The fourth-order valence-corrected chi connectivity index (χ4v) is 3.84. The number of hydrogen-bond acceptors (Lipinski definition) is 4. The average molecular weight is 352 g/mol. The highest BCUT2D eigenvalue weighted by molar-refractivity contribution is 7.94. The van der Waals surface area contributed by atoms with Crippen molar-refractivity contribution in [1.29, 1.82) is 0 Å². The van der Waals surface area contributed by atoms with E-state index < -0.39 is 16.0 Å². The molecule has 0 aliphatic carbocycles. The van der Waals surface area contributed by atoms with E-state index in [1.807, 2.05) is 0 Å². The van der Waals surface area contributed by atoms with Crippen LogP contribution < -0.4 is 4.72 Å². The number of carbonyl (C=O) groups is 1. The molecule has 0 amide bonds. The summed E-state index contributed by atoms with van der Waals surface area (Å²) in [5.74, 6) is -1.18. The SMILES string of the molecule is O=C(O)c1ccc(S(=O)(=O)Nc2ccc(Cl)c(Cl)c2)s1. The number of rotatable bonds is 4. The predicted molar refractivity (Wildman–Crippen MR) is 78.5 cm³/mol. The van der Waals surface area contributed by atoms with Crippen molar-refractivity contribution in [3.05, 3.63) is 45.3 Å². The molecule has 0 unspecified atom stereocenters. The number of hydrogen-bond donors (Lipinski definition) is 2. The number of aromatic carboxylic acids is 1. The van der Waals surface area contributed by atoms with E-state index in [1.54, 1.807) is 0 Å². The van der Waals surface area contributed by atoms with Gasteiger partial charge in [-0.3, -0.25) is 4.72 Å². The maximum atomic E-state index is 12.1. The van der Waals surface area contributed by atoms with E-state index in [0.717, 1.165) is 0 Å². The summed E-state index contributed by atoms with van der Waals surface area (Å²) in [7, 11) is -3.85. The molecule has 0 spiro atoms. The van der Waals surface area contributed by atoms with Gasteiger partial charge in [-0.2, -0.15) is 0 Å². The second-order valence-corrected chi connectivity index (χ2v) is 7.47. The minimum absolute atomic E-state index is 0.0560. The van der Waals surface area contributed by atoms with Gasteiger partial charge >= 0.3 is 5.97 Å². The van der Waals surface area contributed by atoms with Gasteiger partial charge < -0.3 is 5.11 Å². The Labute approximate surface area is 128 Å². The predicted octanol–water partition coefficient (Wildman–Crippen LogP) is 3.55. The van der Waals surface area contributed by atoms with Gasteiger partial charge in [0.25, 0.3) is 10.0 Å². The third-order valence-electron chi connectivity index (χ3n) is 2.23. The van der Waals surface area contributed by atoms with E-state index in [1.165, 1.54) is 30.3 Å². The van der Waals surface area contributed by atoms with Crippen molar-refractivity contribution in [2.45, 2.75) is 4.21 Å². The summed E-state index contributed by atoms with van der Waals surface area (Å²) in [5, 5.41) is 9.30. The van der Waals surface area contributed by atoms with Crippen molar-refractivity contribution in [2.75, 3.05) is 4.72 Å². The maximum Gasteiger partial charge on any atom is 0.345 e. The largest absolute Gasteiger partial charge is 0.477 e. The molecule has 0 radical (unpaired) electrons. The topological polar surface area (TPSA) is 83.5 Å². The second kappa shape index (κ2) is 5.61. The zero-order valence-electron chi connectivity index (χ0n) is 9.63. The van der Waals surface area contributed by atoms with E-state index in [4.69, 9.17) is 28.3 Å². The molecule has 5 nitrogen and oxygen atoms in total. The van der Waals surface area contributed by atoms with Crippen molar-refractivity contribution in [3.8, 4) is 0 Å². The van der Waals surface area contributed by atoms with Crippen LogP contribution in [0.1, 0.15) is 9.67 Å².